The van der Waals surface area contributed by atoms with E-state index in [1.165, 1.54) is 6.33 Å². The Morgan fingerprint density at radius 1 is 1.33 bits per heavy atom. The minimum absolute atomic E-state index is 0.264. The average Bonchev–Trinajstić information content (AvgIpc) is 2.88. The van der Waals surface area contributed by atoms with Gasteiger partial charge in [-0.25, -0.2) is 9.78 Å². The minimum Gasteiger partial charge on any atom is -0.478 e. The van der Waals surface area contributed by atoms with Crippen LogP contribution in [0.25, 0.3) is 5.78 Å². The third-order valence-electron chi connectivity index (χ3n) is 3.21. The molecule has 21 heavy (non-hydrogen) atoms. The van der Waals surface area contributed by atoms with Crippen LogP contribution in [-0.2, 0) is 0 Å². The van der Waals surface area contributed by atoms with Gasteiger partial charge in [-0.2, -0.15) is 14.6 Å². The third kappa shape index (κ3) is 2.29. The fourth-order valence-corrected chi connectivity index (χ4v) is 2.16. The second-order valence-electron chi connectivity index (χ2n) is 4.66. The summed E-state index contributed by atoms with van der Waals surface area (Å²) in [6.45, 7) is 3.62. The second kappa shape index (κ2) is 4.86. The molecule has 7 nitrogen and oxygen atoms in total. The molecule has 0 radical (unpaired) electrons. The molecule has 0 aliphatic carbocycles. The molecule has 106 valence electrons. The predicted octanol–water partition coefficient (Wildman–Crippen LogP) is 2.18. The SMILES string of the molecule is Cc1cc(Nc2cccc(C(=O)O)c2C)n2ncnc2n1. The van der Waals surface area contributed by atoms with E-state index in [1.807, 2.05) is 19.1 Å². The molecule has 2 heterocycles. The molecule has 3 rings (SSSR count). The Labute approximate surface area is 120 Å². The van der Waals surface area contributed by atoms with E-state index in [2.05, 4.69) is 20.4 Å². The highest BCUT2D eigenvalue weighted by atomic mass is 16.4. The van der Waals surface area contributed by atoms with Crippen molar-refractivity contribution in [3.8, 4) is 0 Å². The van der Waals surface area contributed by atoms with E-state index in [-0.39, 0.29) is 5.56 Å². The first-order valence-corrected chi connectivity index (χ1v) is 6.33. The van der Waals surface area contributed by atoms with Gasteiger partial charge in [0.1, 0.15) is 12.1 Å². The van der Waals surface area contributed by atoms with Crippen LogP contribution in [0.3, 0.4) is 0 Å². The maximum Gasteiger partial charge on any atom is 0.336 e. The van der Waals surface area contributed by atoms with Crippen molar-refractivity contribution < 1.29 is 9.90 Å². The summed E-state index contributed by atoms with van der Waals surface area (Å²) in [5, 5.41) is 16.5. The van der Waals surface area contributed by atoms with Crippen LogP contribution < -0.4 is 5.32 Å². The zero-order valence-corrected chi connectivity index (χ0v) is 11.5. The standard InChI is InChI=1S/C14H13N5O2/c1-8-6-12(19-14(17-8)15-7-16-19)18-11-5-3-4-10(9(11)2)13(20)21/h3-7,18H,1-2H3,(H,20,21). The molecule has 0 amide bonds. The number of hydrogen-bond acceptors (Lipinski definition) is 5. The van der Waals surface area contributed by atoms with E-state index >= 15 is 0 Å². The summed E-state index contributed by atoms with van der Waals surface area (Å²) in [6.07, 6.45) is 1.42. The van der Waals surface area contributed by atoms with Crippen molar-refractivity contribution in [3.05, 3.63) is 47.4 Å². The Hall–Kier alpha value is -2.96. The van der Waals surface area contributed by atoms with Gasteiger partial charge in [-0.1, -0.05) is 6.07 Å². The van der Waals surface area contributed by atoms with Crippen LogP contribution in [0, 0.1) is 13.8 Å². The van der Waals surface area contributed by atoms with Crippen molar-refractivity contribution >= 4 is 23.3 Å². The third-order valence-corrected chi connectivity index (χ3v) is 3.21. The molecule has 1 aromatic carbocycles. The van der Waals surface area contributed by atoms with Crippen LogP contribution in [0.4, 0.5) is 11.5 Å². The molecular weight excluding hydrogens is 270 g/mol. The van der Waals surface area contributed by atoms with Crippen LogP contribution >= 0.6 is 0 Å². The van der Waals surface area contributed by atoms with Crippen molar-refractivity contribution in [2.24, 2.45) is 0 Å². The van der Waals surface area contributed by atoms with Crippen molar-refractivity contribution in [1.82, 2.24) is 19.6 Å². The number of fused-ring (bicyclic) bond motifs is 1. The predicted molar refractivity (Wildman–Crippen MR) is 76.9 cm³/mol. The van der Waals surface area contributed by atoms with E-state index < -0.39 is 5.97 Å². The topological polar surface area (TPSA) is 92.4 Å². The number of hydrogen-bond donors (Lipinski definition) is 2. The molecule has 7 heteroatoms. The van der Waals surface area contributed by atoms with Gasteiger partial charge in [-0.05, 0) is 31.5 Å². The van der Waals surface area contributed by atoms with Crippen LogP contribution in [0.5, 0.6) is 0 Å². The lowest BCUT2D eigenvalue weighted by Crippen LogP contribution is -2.06. The largest absolute Gasteiger partial charge is 0.478 e. The number of aryl methyl sites for hydroxylation is 1. The van der Waals surface area contributed by atoms with Gasteiger partial charge in [0.05, 0.1) is 5.56 Å². The number of carboxylic acids is 1. The molecule has 0 spiro atoms. The molecule has 0 fully saturated rings. The summed E-state index contributed by atoms with van der Waals surface area (Å²) in [6, 6.07) is 6.92. The molecule has 0 aliphatic rings. The van der Waals surface area contributed by atoms with Gasteiger partial charge in [-0.15, -0.1) is 0 Å². The van der Waals surface area contributed by atoms with Gasteiger partial charge >= 0.3 is 5.97 Å². The van der Waals surface area contributed by atoms with Gasteiger partial charge in [-0.3, -0.25) is 0 Å². The van der Waals surface area contributed by atoms with Gasteiger partial charge in [0, 0.05) is 17.4 Å². The van der Waals surface area contributed by atoms with Crippen molar-refractivity contribution in [1.29, 1.82) is 0 Å². The first kappa shape index (κ1) is 13.0. The molecule has 0 atom stereocenters. The van der Waals surface area contributed by atoms with Gasteiger partial charge in [0.2, 0.25) is 0 Å². The van der Waals surface area contributed by atoms with Crippen LogP contribution in [0.1, 0.15) is 21.6 Å². The highest BCUT2D eigenvalue weighted by molar-refractivity contribution is 5.91. The quantitative estimate of drug-likeness (QED) is 0.765. The Balaban J connectivity index is 2.09. The summed E-state index contributed by atoms with van der Waals surface area (Å²) in [4.78, 5) is 19.5. The monoisotopic (exact) mass is 283 g/mol. The maximum atomic E-state index is 11.2. The number of aromatic carboxylic acids is 1. The summed E-state index contributed by atoms with van der Waals surface area (Å²) in [7, 11) is 0. The zero-order valence-electron chi connectivity index (χ0n) is 11.5. The number of anilines is 2. The summed E-state index contributed by atoms with van der Waals surface area (Å²) in [5.41, 5.74) is 2.43. The van der Waals surface area contributed by atoms with E-state index in [4.69, 9.17) is 0 Å². The van der Waals surface area contributed by atoms with E-state index in [0.717, 1.165) is 5.69 Å². The molecule has 0 saturated heterocycles. The Morgan fingerprint density at radius 3 is 2.90 bits per heavy atom. The number of nitrogens with one attached hydrogen (secondary N) is 1. The van der Waals surface area contributed by atoms with Crippen LogP contribution in [-0.4, -0.2) is 30.7 Å². The van der Waals surface area contributed by atoms with Crippen molar-refractivity contribution in [2.75, 3.05) is 5.32 Å². The van der Waals surface area contributed by atoms with Crippen LogP contribution in [0.15, 0.2) is 30.6 Å². The Morgan fingerprint density at radius 2 is 2.14 bits per heavy atom. The Kier molecular flexibility index (Phi) is 3.02. The summed E-state index contributed by atoms with van der Waals surface area (Å²) < 4.78 is 1.57. The lowest BCUT2D eigenvalue weighted by atomic mass is 10.1. The lowest BCUT2D eigenvalue weighted by molar-refractivity contribution is 0.0696. The first-order chi connectivity index (χ1) is 10.1. The summed E-state index contributed by atoms with van der Waals surface area (Å²) in [5.74, 6) is 0.221. The van der Waals surface area contributed by atoms with Gasteiger partial charge < -0.3 is 10.4 Å². The van der Waals surface area contributed by atoms with Gasteiger partial charge in [0.25, 0.3) is 5.78 Å². The van der Waals surface area contributed by atoms with Crippen molar-refractivity contribution in [2.45, 2.75) is 13.8 Å². The highest BCUT2D eigenvalue weighted by Crippen LogP contribution is 2.23. The zero-order chi connectivity index (χ0) is 15.0. The van der Waals surface area contributed by atoms with Crippen molar-refractivity contribution in [3.63, 3.8) is 0 Å². The number of carbonyl (C=O) groups is 1. The average molecular weight is 283 g/mol. The fourth-order valence-electron chi connectivity index (χ4n) is 2.16. The number of rotatable bonds is 3. The Bertz CT molecular complexity index is 840. The molecule has 3 aromatic rings. The molecular formula is C14H13N5O2. The molecule has 0 saturated carbocycles. The molecule has 0 bridgehead atoms. The second-order valence-corrected chi connectivity index (χ2v) is 4.66. The number of nitrogens with zero attached hydrogens (tertiary/aromatic N) is 4. The van der Waals surface area contributed by atoms with Crippen LogP contribution in [0.2, 0.25) is 0 Å². The molecule has 2 N–H and O–H groups in total. The van der Waals surface area contributed by atoms with E-state index in [0.29, 0.717) is 22.8 Å². The number of benzene rings is 1. The molecule has 2 aromatic heterocycles. The number of carboxylic acid groups (broad SMARTS) is 1. The fraction of sp³-hybridized carbons (Fsp3) is 0.143. The van der Waals surface area contributed by atoms with Gasteiger partial charge in [0.15, 0.2) is 0 Å². The minimum atomic E-state index is -0.951. The smallest absolute Gasteiger partial charge is 0.336 e. The first-order valence-electron chi connectivity index (χ1n) is 6.33. The molecule has 0 aliphatic heterocycles. The molecule has 0 unspecified atom stereocenters. The highest BCUT2D eigenvalue weighted by Gasteiger charge is 2.12. The maximum absolute atomic E-state index is 11.2. The lowest BCUT2D eigenvalue weighted by Gasteiger charge is -2.12. The number of aromatic nitrogens is 4. The normalized spacial score (nSPS) is 10.8. The van der Waals surface area contributed by atoms with E-state index in [9.17, 15) is 9.90 Å². The van der Waals surface area contributed by atoms with E-state index in [1.54, 1.807) is 23.6 Å². The summed E-state index contributed by atoms with van der Waals surface area (Å²) >= 11 is 0.